The van der Waals surface area contributed by atoms with Crippen molar-refractivity contribution in [2.75, 3.05) is 25.1 Å². The van der Waals surface area contributed by atoms with Crippen LogP contribution >= 0.6 is 15.9 Å². The van der Waals surface area contributed by atoms with Gasteiger partial charge in [-0.25, -0.2) is 4.98 Å². The molecule has 4 nitrogen and oxygen atoms in total. The maximum absolute atomic E-state index is 5.41. The Hall–Kier alpha value is -0.650. The van der Waals surface area contributed by atoms with Gasteiger partial charge in [0.25, 0.3) is 0 Å². The molecular formula is C10H13BrN2O2. The second-order valence-electron chi connectivity index (χ2n) is 3.17. The summed E-state index contributed by atoms with van der Waals surface area (Å²) in [4.78, 5) is 4.44. The average molecular weight is 273 g/mol. The maximum atomic E-state index is 5.41. The number of halogens is 1. The zero-order valence-electron chi connectivity index (χ0n) is 8.50. The van der Waals surface area contributed by atoms with E-state index in [9.17, 15) is 0 Å². The number of nitrogens with one attached hydrogen (secondary N) is 1. The van der Waals surface area contributed by atoms with E-state index in [2.05, 4.69) is 26.2 Å². The Morgan fingerprint density at radius 2 is 2.20 bits per heavy atom. The van der Waals surface area contributed by atoms with Crippen molar-refractivity contribution in [3.05, 3.63) is 22.3 Å². The van der Waals surface area contributed by atoms with Gasteiger partial charge in [0.1, 0.15) is 11.5 Å². The van der Waals surface area contributed by atoms with E-state index in [1.54, 1.807) is 0 Å². The van der Waals surface area contributed by atoms with E-state index in [0.29, 0.717) is 13.2 Å². The van der Waals surface area contributed by atoms with Crippen LogP contribution in [-0.4, -0.2) is 24.7 Å². The molecule has 1 fully saturated rings. The Labute approximate surface area is 97.1 Å². The van der Waals surface area contributed by atoms with Gasteiger partial charge in [0.2, 0.25) is 6.29 Å². The summed E-state index contributed by atoms with van der Waals surface area (Å²) in [5, 5.41) is 3.16. The second kappa shape index (κ2) is 4.92. The van der Waals surface area contributed by atoms with Gasteiger partial charge in [0.15, 0.2) is 0 Å². The van der Waals surface area contributed by atoms with E-state index in [1.165, 1.54) is 0 Å². The lowest BCUT2D eigenvalue weighted by atomic mass is 10.3. The summed E-state index contributed by atoms with van der Waals surface area (Å²) < 4.78 is 11.7. The maximum Gasteiger partial charge on any atom is 0.202 e. The number of ether oxygens (including phenoxy) is 2. The van der Waals surface area contributed by atoms with Crippen molar-refractivity contribution in [2.45, 2.75) is 13.2 Å². The first-order valence-electron chi connectivity index (χ1n) is 4.94. The summed E-state index contributed by atoms with van der Waals surface area (Å²) in [7, 11) is 0. The monoisotopic (exact) mass is 272 g/mol. The minimum Gasteiger partial charge on any atom is -0.370 e. The molecule has 82 valence electrons. The molecule has 0 unspecified atom stereocenters. The Bertz CT molecular complexity index is 340. The lowest BCUT2D eigenvalue weighted by Crippen LogP contribution is -2.06. The highest BCUT2D eigenvalue weighted by Crippen LogP contribution is 2.29. The molecule has 1 N–H and O–H groups in total. The van der Waals surface area contributed by atoms with Crippen LogP contribution in [0.15, 0.2) is 16.6 Å². The van der Waals surface area contributed by atoms with E-state index < -0.39 is 0 Å². The van der Waals surface area contributed by atoms with E-state index in [4.69, 9.17) is 9.47 Å². The van der Waals surface area contributed by atoms with E-state index in [1.807, 2.05) is 19.1 Å². The molecule has 0 atom stereocenters. The highest BCUT2D eigenvalue weighted by atomic mass is 79.9. The van der Waals surface area contributed by atoms with Crippen LogP contribution in [0.4, 0.5) is 5.82 Å². The van der Waals surface area contributed by atoms with Crippen molar-refractivity contribution in [3.8, 4) is 0 Å². The van der Waals surface area contributed by atoms with Crippen LogP contribution < -0.4 is 5.32 Å². The van der Waals surface area contributed by atoms with Crippen LogP contribution in [0.3, 0.4) is 0 Å². The summed E-state index contributed by atoms with van der Waals surface area (Å²) >= 11 is 3.44. The molecule has 15 heavy (non-hydrogen) atoms. The first-order valence-corrected chi connectivity index (χ1v) is 5.74. The van der Waals surface area contributed by atoms with Gasteiger partial charge in [-0.3, -0.25) is 0 Å². The Morgan fingerprint density at radius 3 is 2.87 bits per heavy atom. The molecule has 1 aromatic heterocycles. The van der Waals surface area contributed by atoms with Gasteiger partial charge in [-0.05, 0) is 35.0 Å². The summed E-state index contributed by atoms with van der Waals surface area (Å²) in [5.41, 5.74) is 0.797. The normalized spacial score (nSPS) is 16.9. The number of aromatic nitrogens is 1. The fourth-order valence-electron chi connectivity index (χ4n) is 1.42. The molecule has 0 radical (unpaired) electrons. The quantitative estimate of drug-likeness (QED) is 0.917. The highest BCUT2D eigenvalue weighted by Gasteiger charge is 2.22. The number of pyridine rings is 1. The van der Waals surface area contributed by atoms with Crippen molar-refractivity contribution < 1.29 is 9.47 Å². The SMILES string of the molecule is CCNc1ccc(Br)c(C2OCCO2)n1. The summed E-state index contributed by atoms with van der Waals surface area (Å²) in [5.74, 6) is 0.842. The number of rotatable bonds is 3. The molecule has 0 saturated carbocycles. The van der Waals surface area contributed by atoms with Crippen LogP contribution in [0.25, 0.3) is 0 Å². The van der Waals surface area contributed by atoms with Crippen molar-refractivity contribution in [2.24, 2.45) is 0 Å². The number of hydrogen-bond donors (Lipinski definition) is 1. The van der Waals surface area contributed by atoms with Gasteiger partial charge >= 0.3 is 0 Å². The lowest BCUT2D eigenvalue weighted by Gasteiger charge is -2.12. The van der Waals surface area contributed by atoms with E-state index in [-0.39, 0.29) is 6.29 Å². The zero-order valence-corrected chi connectivity index (χ0v) is 10.1. The van der Waals surface area contributed by atoms with Gasteiger partial charge in [-0.15, -0.1) is 0 Å². The lowest BCUT2D eigenvalue weighted by molar-refractivity contribution is -0.0477. The molecule has 0 aliphatic carbocycles. The molecule has 2 rings (SSSR count). The molecule has 2 heterocycles. The molecular weight excluding hydrogens is 260 g/mol. The standard InChI is InChI=1S/C10H13BrN2O2/c1-2-12-8-4-3-7(11)9(13-8)10-14-5-6-15-10/h3-4,10H,2,5-6H2,1H3,(H,12,13). The van der Waals surface area contributed by atoms with Crippen LogP contribution in [0.5, 0.6) is 0 Å². The summed E-state index contributed by atoms with van der Waals surface area (Å²) in [6.45, 7) is 4.14. The molecule has 1 saturated heterocycles. The van der Waals surface area contributed by atoms with Crippen molar-refractivity contribution in [3.63, 3.8) is 0 Å². The molecule has 5 heteroatoms. The average Bonchev–Trinajstić information content (AvgIpc) is 2.74. The zero-order chi connectivity index (χ0) is 10.7. The van der Waals surface area contributed by atoms with E-state index >= 15 is 0 Å². The van der Waals surface area contributed by atoms with Gasteiger partial charge in [-0.1, -0.05) is 0 Å². The molecule has 0 spiro atoms. The number of hydrogen-bond acceptors (Lipinski definition) is 4. The highest BCUT2D eigenvalue weighted by molar-refractivity contribution is 9.10. The van der Waals surface area contributed by atoms with Crippen LogP contribution in [-0.2, 0) is 9.47 Å². The number of nitrogens with zero attached hydrogens (tertiary/aromatic N) is 1. The summed E-state index contributed by atoms with van der Waals surface area (Å²) in [6, 6.07) is 3.87. The Balaban J connectivity index is 2.23. The van der Waals surface area contributed by atoms with Crippen molar-refractivity contribution in [1.82, 2.24) is 4.98 Å². The third kappa shape index (κ3) is 2.48. The molecule has 0 bridgehead atoms. The van der Waals surface area contributed by atoms with Gasteiger partial charge in [0, 0.05) is 11.0 Å². The number of anilines is 1. The largest absolute Gasteiger partial charge is 0.370 e. The van der Waals surface area contributed by atoms with Gasteiger partial charge in [-0.2, -0.15) is 0 Å². The fourth-order valence-corrected chi connectivity index (χ4v) is 1.83. The van der Waals surface area contributed by atoms with Crippen LogP contribution in [0, 0.1) is 0 Å². The predicted octanol–water partition coefficient (Wildman–Crippen LogP) is 2.32. The molecule has 1 aliphatic heterocycles. The minimum absolute atomic E-state index is 0.335. The second-order valence-corrected chi connectivity index (χ2v) is 4.02. The third-order valence-electron chi connectivity index (χ3n) is 2.08. The van der Waals surface area contributed by atoms with E-state index in [0.717, 1.165) is 22.5 Å². The predicted molar refractivity (Wildman–Crippen MR) is 60.7 cm³/mol. The summed E-state index contributed by atoms with van der Waals surface area (Å²) in [6.07, 6.45) is -0.335. The van der Waals surface area contributed by atoms with Crippen LogP contribution in [0.1, 0.15) is 18.9 Å². The molecule has 0 aromatic carbocycles. The smallest absolute Gasteiger partial charge is 0.202 e. The first kappa shape index (κ1) is 10.9. The van der Waals surface area contributed by atoms with Crippen molar-refractivity contribution in [1.29, 1.82) is 0 Å². The first-order chi connectivity index (χ1) is 7.31. The fraction of sp³-hybridized carbons (Fsp3) is 0.500. The Morgan fingerprint density at radius 1 is 1.47 bits per heavy atom. The van der Waals surface area contributed by atoms with Gasteiger partial charge in [0.05, 0.1) is 13.2 Å². The molecule has 1 aromatic rings. The third-order valence-corrected chi connectivity index (χ3v) is 2.75. The topological polar surface area (TPSA) is 43.4 Å². The molecule has 0 amide bonds. The van der Waals surface area contributed by atoms with Crippen molar-refractivity contribution >= 4 is 21.7 Å². The van der Waals surface area contributed by atoms with Crippen LogP contribution in [0.2, 0.25) is 0 Å². The Kier molecular flexibility index (Phi) is 3.56. The minimum atomic E-state index is -0.335. The molecule has 1 aliphatic rings. The van der Waals surface area contributed by atoms with Gasteiger partial charge < -0.3 is 14.8 Å².